The van der Waals surface area contributed by atoms with Gasteiger partial charge in [-0.25, -0.2) is 14.6 Å². The number of anilines is 3. The molecule has 5 aromatic rings. The molecule has 0 unspecified atom stereocenters. The van der Waals surface area contributed by atoms with Crippen LogP contribution in [-0.4, -0.2) is 48.6 Å². The van der Waals surface area contributed by atoms with Crippen LogP contribution in [-0.2, 0) is 4.79 Å². The van der Waals surface area contributed by atoms with Gasteiger partial charge in [-0.05, 0) is 56.0 Å². The van der Waals surface area contributed by atoms with E-state index in [1.807, 2.05) is 67.6 Å². The third-order valence-corrected chi connectivity index (χ3v) is 7.36. The Morgan fingerprint density at radius 3 is 2.56 bits per heavy atom. The van der Waals surface area contributed by atoms with Crippen molar-refractivity contribution in [3.8, 4) is 11.3 Å². The largest absolute Gasteiger partial charge is 0.423 e. The highest BCUT2D eigenvalue weighted by Gasteiger charge is 2.28. The van der Waals surface area contributed by atoms with Crippen LogP contribution in [0.5, 0.6) is 0 Å². The maximum absolute atomic E-state index is 12.5. The molecule has 0 atom stereocenters. The van der Waals surface area contributed by atoms with Gasteiger partial charge in [0.15, 0.2) is 11.2 Å². The van der Waals surface area contributed by atoms with E-state index >= 15 is 0 Å². The Bertz CT molecular complexity index is 1680. The molecule has 1 aliphatic rings. The Kier molecular flexibility index (Phi) is 6.17. The second kappa shape index (κ2) is 9.68. The lowest BCUT2D eigenvalue weighted by Crippen LogP contribution is -2.41. The molecule has 200 valence electrons. The standard InChI is InChI=1S/C29H32N8O2/c1-16(2)28(38)36-11-9-21(10-12-36)37-27-23(26(30)31-15-32-27)24(35-37)19-5-7-20(8-6-19)33-29-34-22-14-17(3)13-18(4)25(22)39-29/h5-8,13-16,21H,9-12H2,1-4H3,(H,33,34)(H2,30,31,32). The molecule has 3 aromatic heterocycles. The lowest BCUT2D eigenvalue weighted by molar-refractivity contribution is -0.135. The fourth-order valence-electron chi connectivity index (χ4n) is 5.41. The second-order valence-electron chi connectivity index (χ2n) is 10.6. The number of hydrogen-bond donors (Lipinski definition) is 2. The minimum atomic E-state index is -0.000347. The van der Waals surface area contributed by atoms with Gasteiger partial charge in [-0.2, -0.15) is 10.1 Å². The van der Waals surface area contributed by atoms with Gasteiger partial charge < -0.3 is 20.4 Å². The van der Waals surface area contributed by atoms with Gasteiger partial charge in [-0.3, -0.25) is 4.79 Å². The number of rotatable bonds is 5. The number of amides is 1. The summed E-state index contributed by atoms with van der Waals surface area (Å²) in [5, 5.41) is 8.99. The number of oxazole rings is 1. The molecule has 1 fully saturated rings. The second-order valence-corrected chi connectivity index (χ2v) is 10.6. The van der Waals surface area contributed by atoms with Crippen molar-refractivity contribution in [3.63, 3.8) is 0 Å². The van der Waals surface area contributed by atoms with Gasteiger partial charge in [-0.15, -0.1) is 0 Å². The number of nitrogens with two attached hydrogens (primary N) is 1. The van der Waals surface area contributed by atoms with E-state index < -0.39 is 0 Å². The zero-order valence-electron chi connectivity index (χ0n) is 22.6. The van der Waals surface area contributed by atoms with Crippen LogP contribution in [0.4, 0.5) is 17.5 Å². The lowest BCUT2D eigenvalue weighted by Gasteiger charge is -2.33. The molecule has 1 saturated heterocycles. The summed E-state index contributed by atoms with van der Waals surface area (Å²) < 4.78 is 7.92. The zero-order valence-corrected chi connectivity index (χ0v) is 22.6. The third kappa shape index (κ3) is 4.56. The van der Waals surface area contributed by atoms with Gasteiger partial charge in [0.25, 0.3) is 6.01 Å². The number of carbonyl (C=O) groups excluding carboxylic acids is 1. The van der Waals surface area contributed by atoms with Crippen molar-refractivity contribution in [2.75, 3.05) is 24.1 Å². The number of nitrogens with one attached hydrogen (secondary N) is 1. The molecular formula is C29H32N8O2. The number of likely N-dealkylation sites (tertiary alicyclic amines) is 1. The lowest BCUT2D eigenvalue weighted by atomic mass is 10.0. The molecule has 1 amide bonds. The Morgan fingerprint density at radius 1 is 1.10 bits per heavy atom. The number of nitrogen functional groups attached to an aromatic ring is 1. The number of nitrogens with zero attached hydrogens (tertiary/aromatic N) is 6. The van der Waals surface area contributed by atoms with Gasteiger partial charge >= 0.3 is 0 Å². The molecule has 10 nitrogen and oxygen atoms in total. The maximum atomic E-state index is 12.5. The highest BCUT2D eigenvalue weighted by Crippen LogP contribution is 2.35. The monoisotopic (exact) mass is 524 g/mol. The summed E-state index contributed by atoms with van der Waals surface area (Å²) in [6, 6.07) is 12.6. The number of aromatic nitrogens is 5. The van der Waals surface area contributed by atoms with E-state index in [4.69, 9.17) is 15.2 Å². The van der Waals surface area contributed by atoms with Gasteiger partial charge in [0.1, 0.15) is 23.4 Å². The summed E-state index contributed by atoms with van der Waals surface area (Å²) in [7, 11) is 0. The molecular weight excluding hydrogens is 492 g/mol. The predicted octanol–water partition coefficient (Wildman–Crippen LogP) is 5.40. The summed E-state index contributed by atoms with van der Waals surface area (Å²) in [4.78, 5) is 27.8. The van der Waals surface area contributed by atoms with Crippen molar-refractivity contribution >= 4 is 45.6 Å². The molecule has 1 aliphatic heterocycles. The molecule has 0 bridgehead atoms. The van der Waals surface area contributed by atoms with Crippen molar-refractivity contribution in [2.24, 2.45) is 5.92 Å². The summed E-state index contributed by atoms with van der Waals surface area (Å²) >= 11 is 0. The van der Waals surface area contributed by atoms with Crippen LogP contribution in [0.15, 0.2) is 47.1 Å². The predicted molar refractivity (Wildman–Crippen MR) is 152 cm³/mol. The van der Waals surface area contributed by atoms with Crippen molar-refractivity contribution in [1.29, 1.82) is 0 Å². The number of aryl methyl sites for hydroxylation is 2. The van der Waals surface area contributed by atoms with E-state index in [2.05, 4.69) is 26.3 Å². The number of carbonyl (C=O) groups is 1. The van der Waals surface area contributed by atoms with Crippen LogP contribution in [0, 0.1) is 19.8 Å². The highest BCUT2D eigenvalue weighted by molar-refractivity contribution is 5.98. The van der Waals surface area contributed by atoms with Gasteiger partial charge in [0, 0.05) is 30.3 Å². The molecule has 2 aromatic carbocycles. The van der Waals surface area contributed by atoms with Crippen LogP contribution >= 0.6 is 0 Å². The first kappa shape index (κ1) is 24.8. The molecule has 0 saturated carbocycles. The quantitative estimate of drug-likeness (QED) is 0.313. The van der Waals surface area contributed by atoms with Crippen molar-refractivity contribution in [3.05, 3.63) is 53.9 Å². The summed E-state index contributed by atoms with van der Waals surface area (Å²) in [5.41, 5.74) is 13.4. The number of benzene rings is 2. The minimum absolute atomic E-state index is 0.000347. The van der Waals surface area contributed by atoms with E-state index in [9.17, 15) is 4.79 Å². The van der Waals surface area contributed by atoms with E-state index in [1.165, 1.54) is 6.33 Å². The minimum Gasteiger partial charge on any atom is -0.423 e. The molecule has 0 spiro atoms. The Labute approximate surface area is 226 Å². The zero-order chi connectivity index (χ0) is 27.3. The molecule has 10 heteroatoms. The highest BCUT2D eigenvalue weighted by atomic mass is 16.4. The third-order valence-electron chi connectivity index (χ3n) is 7.36. The molecule has 0 aliphatic carbocycles. The van der Waals surface area contributed by atoms with E-state index in [0.29, 0.717) is 30.6 Å². The maximum Gasteiger partial charge on any atom is 0.300 e. The normalized spacial score (nSPS) is 14.5. The fourth-order valence-corrected chi connectivity index (χ4v) is 5.41. The first-order valence-electron chi connectivity index (χ1n) is 13.3. The fraction of sp³-hybridized carbons (Fsp3) is 0.345. The summed E-state index contributed by atoms with van der Waals surface area (Å²) in [6.07, 6.45) is 3.10. The smallest absolute Gasteiger partial charge is 0.300 e. The van der Waals surface area contributed by atoms with Crippen LogP contribution in [0.2, 0.25) is 0 Å². The van der Waals surface area contributed by atoms with Crippen molar-refractivity contribution in [1.82, 2.24) is 29.6 Å². The Morgan fingerprint density at radius 2 is 1.85 bits per heavy atom. The molecule has 6 rings (SSSR count). The Hall–Kier alpha value is -4.47. The van der Waals surface area contributed by atoms with Gasteiger partial charge in [0.05, 0.1) is 11.4 Å². The Balaban J connectivity index is 1.27. The van der Waals surface area contributed by atoms with Crippen LogP contribution in [0.25, 0.3) is 33.4 Å². The summed E-state index contributed by atoms with van der Waals surface area (Å²) in [5.74, 6) is 0.593. The van der Waals surface area contributed by atoms with E-state index in [-0.39, 0.29) is 17.9 Å². The van der Waals surface area contributed by atoms with Crippen molar-refractivity contribution in [2.45, 2.75) is 46.6 Å². The molecule has 3 N–H and O–H groups in total. The van der Waals surface area contributed by atoms with E-state index in [1.54, 1.807) is 0 Å². The summed E-state index contributed by atoms with van der Waals surface area (Å²) in [6.45, 7) is 9.36. The average molecular weight is 525 g/mol. The molecule has 39 heavy (non-hydrogen) atoms. The number of fused-ring (bicyclic) bond motifs is 2. The van der Waals surface area contributed by atoms with Gasteiger partial charge in [-0.1, -0.05) is 32.0 Å². The van der Waals surface area contributed by atoms with Crippen LogP contribution in [0.3, 0.4) is 0 Å². The number of piperidine rings is 1. The first-order chi connectivity index (χ1) is 18.8. The number of hydrogen-bond acceptors (Lipinski definition) is 8. The topological polar surface area (TPSA) is 128 Å². The van der Waals surface area contributed by atoms with Crippen LogP contribution < -0.4 is 11.1 Å². The van der Waals surface area contributed by atoms with E-state index in [0.717, 1.165) is 57.4 Å². The average Bonchev–Trinajstić information content (AvgIpc) is 3.51. The SMILES string of the molecule is Cc1cc(C)c2oc(Nc3ccc(-c4nn(C5CCN(C(=O)C(C)C)CC5)c5ncnc(N)c45)cc3)nc2c1. The first-order valence-corrected chi connectivity index (χ1v) is 13.3. The molecule has 4 heterocycles. The molecule has 0 radical (unpaired) electrons. The van der Waals surface area contributed by atoms with Gasteiger partial charge in [0.2, 0.25) is 5.91 Å². The van der Waals surface area contributed by atoms with Crippen LogP contribution in [0.1, 0.15) is 43.9 Å². The van der Waals surface area contributed by atoms with Crippen molar-refractivity contribution < 1.29 is 9.21 Å².